The fraction of sp³-hybridized carbons (Fsp3) is 0.667. The molecule has 1 rings (SSSR count). The number of phosphoric acid groups is 1. The number of carbonyl (C=O) groups is 1. The number of hydrogen-bond donors (Lipinski definition) is 2. The molecule has 1 aromatic carbocycles. The predicted octanol–water partition coefficient (Wildman–Crippen LogP) is 5.77. The maximum absolute atomic E-state index is 13.4. The smallest absolute Gasteiger partial charge is 0.472 e. The number of hydrogen-bond acceptors (Lipinski definition) is 5. The van der Waals surface area contributed by atoms with Gasteiger partial charge >= 0.3 is 20.0 Å². The molecule has 0 atom stereocenters. The van der Waals surface area contributed by atoms with E-state index in [-0.39, 0.29) is 18.8 Å². The van der Waals surface area contributed by atoms with Crippen molar-refractivity contribution in [2.45, 2.75) is 77.3 Å². The fourth-order valence-electron chi connectivity index (χ4n) is 2.98. The van der Waals surface area contributed by atoms with Gasteiger partial charge in [0.05, 0.1) is 12.2 Å². The van der Waals surface area contributed by atoms with E-state index >= 15 is 0 Å². The molecule has 184 valence electrons. The summed E-state index contributed by atoms with van der Waals surface area (Å²) in [5, 5.41) is 0. The summed E-state index contributed by atoms with van der Waals surface area (Å²) in [5.41, 5.74) is -0.248. The Kier molecular flexibility index (Phi) is 12.9. The van der Waals surface area contributed by atoms with Gasteiger partial charge in [-0.15, -0.1) is 0 Å². The zero-order chi connectivity index (χ0) is 24.0. The molecule has 0 amide bonds. The van der Waals surface area contributed by atoms with E-state index in [4.69, 9.17) is 14.5 Å². The van der Waals surface area contributed by atoms with Crippen LogP contribution in [0.15, 0.2) is 18.2 Å². The fourth-order valence-corrected chi connectivity index (χ4v) is 3.17. The lowest BCUT2D eigenvalue weighted by Crippen LogP contribution is -2.10. The summed E-state index contributed by atoms with van der Waals surface area (Å²) >= 11 is 0. The van der Waals surface area contributed by atoms with E-state index in [1.165, 1.54) is 6.07 Å². The Balaban J connectivity index is 2.41. The van der Waals surface area contributed by atoms with Crippen molar-refractivity contribution in [3.8, 4) is 5.75 Å². The third kappa shape index (κ3) is 13.1. The molecule has 0 radical (unpaired) electrons. The maximum atomic E-state index is 13.4. The van der Waals surface area contributed by atoms with E-state index in [2.05, 4.69) is 16.2 Å². The highest BCUT2D eigenvalue weighted by Crippen LogP contribution is 2.37. The lowest BCUT2D eigenvalue weighted by molar-refractivity contribution is -0.151. The zero-order valence-electron chi connectivity index (χ0n) is 18.2. The maximum Gasteiger partial charge on any atom is 0.472 e. The van der Waals surface area contributed by atoms with Crippen molar-refractivity contribution in [1.82, 2.24) is 0 Å². The van der Waals surface area contributed by atoms with Gasteiger partial charge in [-0.25, -0.2) is 9.09 Å². The minimum atomic E-state index is -4.69. The molecule has 0 aromatic heterocycles. The number of alkyl halides is 3. The minimum Gasteiger partial charge on any atom is -0.493 e. The number of unbranched alkanes of at least 4 members (excludes halogenated alkanes) is 6. The van der Waals surface area contributed by atoms with Crippen LogP contribution in [-0.4, -0.2) is 29.2 Å². The predicted molar refractivity (Wildman–Crippen MR) is 112 cm³/mol. The van der Waals surface area contributed by atoms with Crippen LogP contribution in [0, 0.1) is 0 Å². The first-order valence-electron chi connectivity index (χ1n) is 10.7. The van der Waals surface area contributed by atoms with E-state index < -0.39 is 32.3 Å². The molecule has 32 heavy (non-hydrogen) atoms. The van der Waals surface area contributed by atoms with Crippen LogP contribution in [0.5, 0.6) is 5.75 Å². The average molecular weight is 484 g/mol. The lowest BCUT2D eigenvalue weighted by atomic mass is 10.0. The Hall–Kier alpha value is -1.61. The molecule has 0 spiro atoms. The molecule has 0 saturated carbocycles. The van der Waals surface area contributed by atoms with E-state index in [0.717, 1.165) is 31.7 Å². The highest BCUT2D eigenvalue weighted by atomic mass is 31.2. The molecular weight excluding hydrogens is 452 g/mol. The second-order valence-corrected chi connectivity index (χ2v) is 8.64. The summed E-state index contributed by atoms with van der Waals surface area (Å²) in [6, 6.07) is 4.10. The van der Waals surface area contributed by atoms with Crippen molar-refractivity contribution in [1.29, 1.82) is 0 Å². The number of aryl methyl sites for hydroxylation is 1. The highest BCUT2D eigenvalue weighted by Gasteiger charge is 2.34. The first kappa shape index (κ1) is 28.4. The summed E-state index contributed by atoms with van der Waals surface area (Å²) < 4.78 is 64.6. The number of esters is 1. The molecule has 7 nitrogen and oxygen atoms in total. The Morgan fingerprint density at radius 3 is 2.38 bits per heavy atom. The van der Waals surface area contributed by atoms with Crippen LogP contribution in [0.1, 0.15) is 75.8 Å². The van der Waals surface area contributed by atoms with E-state index in [9.17, 15) is 22.5 Å². The second kappa shape index (κ2) is 14.5. The van der Waals surface area contributed by atoms with Crippen LogP contribution in [0.2, 0.25) is 0 Å². The van der Waals surface area contributed by atoms with E-state index in [0.29, 0.717) is 37.7 Å². The molecule has 11 heteroatoms. The Labute approximate surface area is 186 Å². The third-order valence-electron chi connectivity index (χ3n) is 4.64. The summed E-state index contributed by atoms with van der Waals surface area (Å²) in [6.45, 7) is 1.51. The average Bonchev–Trinajstić information content (AvgIpc) is 2.69. The van der Waals surface area contributed by atoms with Gasteiger partial charge in [0.1, 0.15) is 5.75 Å². The largest absolute Gasteiger partial charge is 0.493 e. The third-order valence-corrected chi connectivity index (χ3v) is 5.08. The molecule has 0 unspecified atom stereocenters. The van der Waals surface area contributed by atoms with Gasteiger partial charge in [0, 0.05) is 6.42 Å². The summed E-state index contributed by atoms with van der Waals surface area (Å²) in [5.74, 6) is -0.828. The van der Waals surface area contributed by atoms with Gasteiger partial charge in [-0.1, -0.05) is 45.1 Å². The number of carbonyl (C=O) groups excluding carboxylic acids is 1. The normalized spacial score (nSPS) is 12.1. The van der Waals surface area contributed by atoms with Crippen LogP contribution in [0.4, 0.5) is 13.2 Å². The number of rotatable bonds is 16. The van der Waals surface area contributed by atoms with Crippen molar-refractivity contribution in [3.05, 3.63) is 29.3 Å². The number of benzene rings is 1. The molecule has 0 aliphatic heterocycles. The monoisotopic (exact) mass is 484 g/mol. The highest BCUT2D eigenvalue weighted by molar-refractivity contribution is 7.46. The minimum absolute atomic E-state index is 0.0172. The number of ether oxygens (including phenoxy) is 2. The van der Waals surface area contributed by atoms with Crippen LogP contribution < -0.4 is 4.74 Å². The number of phosphoric ester groups is 1. The standard InChI is InChI=1S/C21H32F3O7P/c1-2-3-4-5-9-14-29-19-13-12-17(15-18(19)21(22,23)24)10-7-6-8-11-20(25)30-16-31-32(26,27)28/h12-13,15H,2-11,14,16H2,1H3,(H2,26,27,28). The van der Waals surface area contributed by atoms with E-state index in [1.54, 1.807) is 6.07 Å². The molecule has 0 fully saturated rings. The zero-order valence-corrected chi connectivity index (χ0v) is 19.1. The van der Waals surface area contributed by atoms with Crippen molar-refractivity contribution in [2.24, 2.45) is 0 Å². The summed E-state index contributed by atoms with van der Waals surface area (Å²) in [7, 11) is -4.69. The first-order chi connectivity index (χ1) is 15.0. The molecule has 1 aromatic rings. The molecule has 0 saturated heterocycles. The van der Waals surface area contributed by atoms with Crippen molar-refractivity contribution < 1.29 is 46.3 Å². The van der Waals surface area contributed by atoms with Gasteiger partial charge in [-0.05, 0) is 43.4 Å². The summed E-state index contributed by atoms with van der Waals surface area (Å²) in [6.07, 6.45) is 2.39. The SMILES string of the molecule is CCCCCCCOc1ccc(CCCCCC(=O)OCOP(=O)(O)O)cc1C(F)(F)F. The van der Waals surface area contributed by atoms with Crippen LogP contribution in [0.25, 0.3) is 0 Å². The summed E-state index contributed by atoms with van der Waals surface area (Å²) in [4.78, 5) is 28.4. The first-order valence-corrected chi connectivity index (χ1v) is 12.2. The van der Waals surface area contributed by atoms with Crippen molar-refractivity contribution in [3.63, 3.8) is 0 Å². The van der Waals surface area contributed by atoms with Crippen LogP contribution in [0.3, 0.4) is 0 Å². The van der Waals surface area contributed by atoms with Crippen molar-refractivity contribution in [2.75, 3.05) is 13.4 Å². The van der Waals surface area contributed by atoms with Gasteiger partial charge in [0.2, 0.25) is 6.79 Å². The number of halogens is 3. The van der Waals surface area contributed by atoms with Crippen LogP contribution >= 0.6 is 7.82 Å². The molecule has 0 bridgehead atoms. The van der Waals surface area contributed by atoms with Gasteiger partial charge in [0.25, 0.3) is 0 Å². The molecule has 0 aliphatic rings. The van der Waals surface area contributed by atoms with Crippen LogP contribution in [-0.2, 0) is 31.2 Å². The molecule has 0 aliphatic carbocycles. The molecular formula is C21H32F3O7P. The van der Waals surface area contributed by atoms with Gasteiger partial charge in [-0.2, -0.15) is 13.2 Å². The lowest BCUT2D eigenvalue weighted by Gasteiger charge is -2.15. The molecule has 2 N–H and O–H groups in total. The Bertz CT molecular complexity index is 735. The van der Waals surface area contributed by atoms with Gasteiger partial charge in [0.15, 0.2) is 0 Å². The Morgan fingerprint density at radius 1 is 1.03 bits per heavy atom. The van der Waals surface area contributed by atoms with E-state index in [1.807, 2.05) is 0 Å². The van der Waals surface area contributed by atoms with Crippen molar-refractivity contribution >= 4 is 13.8 Å². The van der Waals surface area contributed by atoms with Gasteiger partial charge < -0.3 is 19.3 Å². The molecule has 0 heterocycles. The van der Waals surface area contributed by atoms with Gasteiger partial charge in [-0.3, -0.25) is 4.79 Å². The topological polar surface area (TPSA) is 102 Å². The quantitative estimate of drug-likeness (QED) is 0.133. The Morgan fingerprint density at radius 2 is 1.72 bits per heavy atom. The second-order valence-electron chi connectivity index (χ2n) is 7.41.